The third-order valence-corrected chi connectivity index (χ3v) is 3.08. The molecule has 4 N–H and O–H groups in total. The molecule has 1 rings (SSSR count). The summed E-state index contributed by atoms with van der Waals surface area (Å²) >= 11 is 3.43. The quantitative estimate of drug-likeness (QED) is 0.635. The van der Waals surface area contributed by atoms with Crippen molar-refractivity contribution in [3.63, 3.8) is 0 Å². The van der Waals surface area contributed by atoms with Crippen LogP contribution in [0.4, 0.5) is 0 Å². The lowest BCUT2D eigenvalue weighted by Gasteiger charge is -2.14. The Morgan fingerprint density at radius 3 is 2.94 bits per heavy atom. The second kappa shape index (κ2) is 8.48. The summed E-state index contributed by atoms with van der Waals surface area (Å²) < 4.78 is 6.46. The Morgan fingerprint density at radius 2 is 2.28 bits per heavy atom. The van der Waals surface area contributed by atoms with E-state index in [1.54, 1.807) is 0 Å². The molecule has 0 aliphatic rings. The summed E-state index contributed by atoms with van der Waals surface area (Å²) in [4.78, 5) is 0. The molecule has 18 heavy (non-hydrogen) atoms. The lowest BCUT2D eigenvalue weighted by Crippen LogP contribution is -2.32. The number of halogens is 1. The van der Waals surface area contributed by atoms with Crippen LogP contribution < -0.4 is 15.8 Å². The molecule has 5 heteroatoms. The second-order valence-corrected chi connectivity index (χ2v) is 5.10. The number of aliphatic hydroxyl groups is 1. The molecule has 1 aromatic carbocycles. The number of nitrogens with one attached hydrogen (secondary N) is 1. The number of ether oxygens (including phenoxy) is 1. The standard InChI is InChI=1S/C13H21BrN2O2/c1-10-3-4-13(12(14)7-10)18-9-11(17)8-16-6-2-5-15/h3-4,7,11,16-17H,2,5-6,8-9,15H2,1H3. The first-order chi connectivity index (χ1) is 8.63. The van der Waals surface area contributed by atoms with Crippen LogP contribution in [0.5, 0.6) is 5.75 Å². The molecule has 1 atom stereocenters. The molecule has 0 radical (unpaired) electrons. The predicted molar refractivity (Wildman–Crippen MR) is 76.9 cm³/mol. The number of hydrogen-bond acceptors (Lipinski definition) is 4. The van der Waals surface area contributed by atoms with E-state index < -0.39 is 6.10 Å². The molecule has 4 nitrogen and oxygen atoms in total. The highest BCUT2D eigenvalue weighted by molar-refractivity contribution is 9.10. The Balaban J connectivity index is 2.27. The van der Waals surface area contributed by atoms with Crippen molar-refractivity contribution in [1.29, 1.82) is 0 Å². The van der Waals surface area contributed by atoms with Gasteiger partial charge in [0.2, 0.25) is 0 Å². The molecule has 0 aromatic heterocycles. The SMILES string of the molecule is Cc1ccc(OCC(O)CNCCCN)c(Br)c1. The molecule has 1 unspecified atom stereocenters. The molecule has 0 aliphatic heterocycles. The van der Waals surface area contributed by atoms with Crippen molar-refractivity contribution in [2.45, 2.75) is 19.4 Å². The van der Waals surface area contributed by atoms with E-state index in [0.29, 0.717) is 13.1 Å². The van der Waals surface area contributed by atoms with Gasteiger partial charge in [0.05, 0.1) is 4.47 Å². The average molecular weight is 317 g/mol. The zero-order valence-electron chi connectivity index (χ0n) is 10.7. The zero-order valence-corrected chi connectivity index (χ0v) is 12.2. The minimum absolute atomic E-state index is 0.275. The first-order valence-corrected chi connectivity index (χ1v) is 6.90. The van der Waals surface area contributed by atoms with E-state index in [0.717, 1.165) is 23.2 Å². The molecule has 0 fully saturated rings. The molecular weight excluding hydrogens is 296 g/mol. The number of aryl methyl sites for hydroxylation is 1. The van der Waals surface area contributed by atoms with E-state index >= 15 is 0 Å². The Labute approximate surface area is 117 Å². The summed E-state index contributed by atoms with van der Waals surface area (Å²) in [5.41, 5.74) is 6.54. The fourth-order valence-electron chi connectivity index (χ4n) is 1.46. The minimum Gasteiger partial charge on any atom is -0.490 e. The highest BCUT2D eigenvalue weighted by Crippen LogP contribution is 2.25. The fourth-order valence-corrected chi connectivity index (χ4v) is 2.07. The Kier molecular flexibility index (Phi) is 7.27. The first-order valence-electron chi connectivity index (χ1n) is 6.11. The van der Waals surface area contributed by atoms with Crippen molar-refractivity contribution < 1.29 is 9.84 Å². The molecule has 0 heterocycles. The minimum atomic E-state index is -0.518. The van der Waals surface area contributed by atoms with Crippen LogP contribution in [-0.2, 0) is 0 Å². The maximum absolute atomic E-state index is 9.72. The van der Waals surface area contributed by atoms with Gasteiger partial charge in [0.15, 0.2) is 0 Å². The zero-order chi connectivity index (χ0) is 13.4. The van der Waals surface area contributed by atoms with Crippen molar-refractivity contribution in [2.24, 2.45) is 5.73 Å². The Hall–Kier alpha value is -0.620. The fraction of sp³-hybridized carbons (Fsp3) is 0.538. The summed E-state index contributed by atoms with van der Waals surface area (Å²) in [6.07, 6.45) is 0.396. The topological polar surface area (TPSA) is 67.5 Å². The lowest BCUT2D eigenvalue weighted by molar-refractivity contribution is 0.106. The monoisotopic (exact) mass is 316 g/mol. The largest absolute Gasteiger partial charge is 0.490 e. The van der Waals surface area contributed by atoms with Crippen molar-refractivity contribution in [2.75, 3.05) is 26.2 Å². The van der Waals surface area contributed by atoms with Crippen molar-refractivity contribution in [3.8, 4) is 5.75 Å². The van der Waals surface area contributed by atoms with Gasteiger partial charge in [-0.05, 0) is 60.1 Å². The Bertz CT molecular complexity index is 361. The highest BCUT2D eigenvalue weighted by Gasteiger charge is 2.06. The van der Waals surface area contributed by atoms with Gasteiger partial charge in [-0.2, -0.15) is 0 Å². The smallest absolute Gasteiger partial charge is 0.133 e. The Morgan fingerprint density at radius 1 is 1.50 bits per heavy atom. The third-order valence-electron chi connectivity index (χ3n) is 2.46. The van der Waals surface area contributed by atoms with E-state index in [2.05, 4.69) is 21.2 Å². The van der Waals surface area contributed by atoms with E-state index in [9.17, 15) is 5.11 Å². The third kappa shape index (κ3) is 5.82. The molecule has 102 valence electrons. The predicted octanol–water partition coefficient (Wildman–Crippen LogP) is 1.44. The van der Waals surface area contributed by atoms with Gasteiger partial charge >= 0.3 is 0 Å². The number of benzene rings is 1. The summed E-state index contributed by atoms with van der Waals surface area (Å²) in [5, 5.41) is 12.8. The van der Waals surface area contributed by atoms with Crippen LogP contribution in [0.25, 0.3) is 0 Å². The van der Waals surface area contributed by atoms with Gasteiger partial charge in [0.1, 0.15) is 18.5 Å². The van der Waals surface area contributed by atoms with Gasteiger partial charge in [-0.3, -0.25) is 0 Å². The van der Waals surface area contributed by atoms with Gasteiger partial charge in [-0.15, -0.1) is 0 Å². The van der Waals surface area contributed by atoms with Crippen LogP contribution in [0.2, 0.25) is 0 Å². The number of hydrogen-bond donors (Lipinski definition) is 3. The van der Waals surface area contributed by atoms with Crippen LogP contribution in [0, 0.1) is 6.92 Å². The maximum atomic E-state index is 9.72. The number of rotatable bonds is 8. The van der Waals surface area contributed by atoms with Crippen LogP contribution >= 0.6 is 15.9 Å². The van der Waals surface area contributed by atoms with Crippen molar-refractivity contribution >= 4 is 15.9 Å². The van der Waals surface area contributed by atoms with E-state index in [1.165, 1.54) is 5.56 Å². The van der Waals surface area contributed by atoms with E-state index in [-0.39, 0.29) is 6.61 Å². The molecule has 1 aromatic rings. The molecule has 0 saturated carbocycles. The molecule has 0 amide bonds. The molecular formula is C13H21BrN2O2. The van der Waals surface area contributed by atoms with E-state index in [1.807, 2.05) is 25.1 Å². The summed E-state index contributed by atoms with van der Waals surface area (Å²) in [7, 11) is 0. The molecule has 0 spiro atoms. The van der Waals surface area contributed by atoms with Gasteiger partial charge < -0.3 is 20.9 Å². The van der Waals surface area contributed by atoms with Gasteiger partial charge in [-0.1, -0.05) is 6.07 Å². The van der Waals surface area contributed by atoms with Gasteiger partial charge in [-0.25, -0.2) is 0 Å². The molecule has 0 saturated heterocycles. The molecule has 0 aliphatic carbocycles. The van der Waals surface area contributed by atoms with Crippen LogP contribution in [0.3, 0.4) is 0 Å². The molecule has 0 bridgehead atoms. The van der Waals surface area contributed by atoms with Crippen LogP contribution in [0.1, 0.15) is 12.0 Å². The number of aliphatic hydroxyl groups excluding tert-OH is 1. The summed E-state index contributed by atoms with van der Waals surface area (Å²) in [6.45, 7) is 4.29. The van der Waals surface area contributed by atoms with Crippen LogP contribution in [0.15, 0.2) is 22.7 Å². The summed E-state index contributed by atoms with van der Waals surface area (Å²) in [5.74, 6) is 0.751. The van der Waals surface area contributed by atoms with E-state index in [4.69, 9.17) is 10.5 Å². The van der Waals surface area contributed by atoms with Gasteiger partial charge in [0, 0.05) is 6.54 Å². The first kappa shape index (κ1) is 15.4. The van der Waals surface area contributed by atoms with Crippen LogP contribution in [-0.4, -0.2) is 37.5 Å². The highest BCUT2D eigenvalue weighted by atomic mass is 79.9. The lowest BCUT2D eigenvalue weighted by atomic mass is 10.2. The number of nitrogens with two attached hydrogens (primary N) is 1. The second-order valence-electron chi connectivity index (χ2n) is 4.25. The van der Waals surface area contributed by atoms with Crippen molar-refractivity contribution in [1.82, 2.24) is 5.32 Å². The van der Waals surface area contributed by atoms with Gasteiger partial charge in [0.25, 0.3) is 0 Å². The van der Waals surface area contributed by atoms with Crippen molar-refractivity contribution in [3.05, 3.63) is 28.2 Å². The average Bonchev–Trinajstić information content (AvgIpc) is 2.33. The maximum Gasteiger partial charge on any atom is 0.133 e. The summed E-state index contributed by atoms with van der Waals surface area (Å²) in [6, 6.07) is 5.86. The normalized spacial score (nSPS) is 12.4.